The summed E-state index contributed by atoms with van der Waals surface area (Å²) in [7, 11) is 1.43. The van der Waals surface area contributed by atoms with E-state index in [9.17, 15) is 4.39 Å². The smallest absolute Gasteiger partial charge is 0.187 e. The van der Waals surface area contributed by atoms with Crippen molar-refractivity contribution in [3.05, 3.63) is 29.6 Å². The highest BCUT2D eigenvalue weighted by molar-refractivity contribution is 7.80. The van der Waals surface area contributed by atoms with E-state index in [0.29, 0.717) is 22.9 Å². The molecule has 1 heterocycles. The van der Waals surface area contributed by atoms with Crippen LogP contribution in [0.1, 0.15) is 25.3 Å². The molecule has 2 rings (SSSR count). The number of halogens is 1. The Hall–Kier alpha value is -1.73. The van der Waals surface area contributed by atoms with Gasteiger partial charge >= 0.3 is 0 Å². The maximum Gasteiger partial charge on any atom is 0.187 e. The van der Waals surface area contributed by atoms with Crippen LogP contribution in [-0.2, 0) is 4.74 Å². The maximum atomic E-state index is 13.7. The van der Waals surface area contributed by atoms with Crippen LogP contribution in [-0.4, -0.2) is 37.2 Å². The van der Waals surface area contributed by atoms with Crippen LogP contribution in [0.25, 0.3) is 0 Å². The van der Waals surface area contributed by atoms with E-state index in [4.69, 9.17) is 21.7 Å². The maximum absolute atomic E-state index is 13.7. The highest BCUT2D eigenvalue weighted by Crippen LogP contribution is 2.18. The summed E-state index contributed by atoms with van der Waals surface area (Å²) in [6.45, 7) is 3.25. The molecule has 0 amide bonds. The Balaban J connectivity index is 1.85. The van der Waals surface area contributed by atoms with Crippen molar-refractivity contribution in [2.45, 2.75) is 25.9 Å². The van der Waals surface area contributed by atoms with E-state index in [1.54, 1.807) is 19.1 Å². The molecular weight excluding hydrogens is 305 g/mol. The molecule has 1 aromatic rings. The summed E-state index contributed by atoms with van der Waals surface area (Å²) < 4.78 is 24.0. The Morgan fingerprint density at radius 3 is 3.00 bits per heavy atom. The molecule has 1 atom stereocenters. The molecule has 0 spiro atoms. The van der Waals surface area contributed by atoms with Gasteiger partial charge < -0.3 is 14.8 Å². The molecule has 1 fully saturated rings. The van der Waals surface area contributed by atoms with Gasteiger partial charge in [-0.25, -0.2) is 4.39 Å². The van der Waals surface area contributed by atoms with Crippen molar-refractivity contribution < 1.29 is 13.9 Å². The normalized spacial score (nSPS) is 18.1. The standard InChI is InChI=1S/C15H20FN3O2S/c1-10(11-5-6-14(20-2)13(16)8-11)18-19-15(22)17-9-12-4-3-7-21-12/h5-6,8,12H,3-4,7,9H2,1-2H3,(H2,17,19,22)/b18-10-/t12-/m0/s1. The average molecular weight is 325 g/mol. The van der Waals surface area contributed by atoms with E-state index in [0.717, 1.165) is 19.4 Å². The Labute approximate surface area is 134 Å². The lowest BCUT2D eigenvalue weighted by atomic mass is 10.1. The summed E-state index contributed by atoms with van der Waals surface area (Å²) in [5.41, 5.74) is 4.04. The third kappa shape index (κ3) is 4.64. The molecule has 5 nitrogen and oxygen atoms in total. The van der Waals surface area contributed by atoms with E-state index in [1.807, 2.05) is 0 Å². The fourth-order valence-corrected chi connectivity index (χ4v) is 2.27. The molecule has 0 aliphatic carbocycles. The lowest BCUT2D eigenvalue weighted by Gasteiger charge is -2.12. The van der Waals surface area contributed by atoms with Crippen molar-refractivity contribution >= 4 is 23.0 Å². The van der Waals surface area contributed by atoms with Gasteiger partial charge in [0.15, 0.2) is 16.7 Å². The molecule has 0 unspecified atom stereocenters. The lowest BCUT2D eigenvalue weighted by molar-refractivity contribution is 0.114. The molecule has 120 valence electrons. The molecule has 0 saturated carbocycles. The van der Waals surface area contributed by atoms with Crippen LogP contribution in [0.15, 0.2) is 23.3 Å². The highest BCUT2D eigenvalue weighted by Gasteiger charge is 2.15. The summed E-state index contributed by atoms with van der Waals surface area (Å²) in [6, 6.07) is 4.69. The second-order valence-corrected chi connectivity index (χ2v) is 5.41. The number of nitrogens with one attached hydrogen (secondary N) is 2. The first kappa shape index (κ1) is 16.6. The molecule has 1 saturated heterocycles. The number of thiocarbonyl (C=S) groups is 1. The first-order chi connectivity index (χ1) is 10.6. The van der Waals surface area contributed by atoms with Gasteiger partial charge in [0, 0.05) is 18.7 Å². The van der Waals surface area contributed by atoms with E-state index >= 15 is 0 Å². The van der Waals surface area contributed by atoms with Gasteiger partial charge in [0.1, 0.15) is 0 Å². The number of ether oxygens (including phenoxy) is 2. The molecule has 1 aromatic carbocycles. The minimum atomic E-state index is -0.423. The minimum Gasteiger partial charge on any atom is -0.494 e. The highest BCUT2D eigenvalue weighted by atomic mass is 32.1. The fourth-order valence-electron chi connectivity index (χ4n) is 2.14. The first-order valence-corrected chi connectivity index (χ1v) is 7.54. The molecule has 0 bridgehead atoms. The number of hydrogen-bond acceptors (Lipinski definition) is 4. The Bertz CT molecular complexity index is 560. The quantitative estimate of drug-likeness (QED) is 0.494. The van der Waals surface area contributed by atoms with Crippen LogP contribution >= 0.6 is 12.2 Å². The Kier molecular flexibility index (Phi) is 6.09. The zero-order chi connectivity index (χ0) is 15.9. The monoisotopic (exact) mass is 325 g/mol. The van der Waals surface area contributed by atoms with Gasteiger partial charge in [-0.15, -0.1) is 0 Å². The van der Waals surface area contributed by atoms with E-state index in [1.165, 1.54) is 13.2 Å². The third-order valence-corrected chi connectivity index (χ3v) is 3.64. The van der Waals surface area contributed by atoms with Gasteiger partial charge in [0.05, 0.1) is 18.9 Å². The molecule has 0 radical (unpaired) electrons. The Morgan fingerprint density at radius 2 is 2.36 bits per heavy atom. The van der Waals surface area contributed by atoms with Crippen LogP contribution in [0, 0.1) is 5.82 Å². The summed E-state index contributed by atoms with van der Waals surface area (Å²) in [5.74, 6) is -0.216. The number of hydrazone groups is 1. The zero-order valence-electron chi connectivity index (χ0n) is 12.7. The largest absolute Gasteiger partial charge is 0.494 e. The summed E-state index contributed by atoms with van der Waals surface area (Å²) in [4.78, 5) is 0. The molecular formula is C15H20FN3O2S. The minimum absolute atomic E-state index is 0.207. The van der Waals surface area contributed by atoms with Crippen LogP contribution in [0.2, 0.25) is 0 Å². The van der Waals surface area contributed by atoms with Gasteiger partial charge in [0.25, 0.3) is 0 Å². The molecule has 1 aliphatic heterocycles. The van der Waals surface area contributed by atoms with Crippen molar-refractivity contribution in [2.75, 3.05) is 20.3 Å². The Morgan fingerprint density at radius 1 is 1.55 bits per heavy atom. The lowest BCUT2D eigenvalue weighted by Crippen LogP contribution is -2.37. The summed E-state index contributed by atoms with van der Waals surface area (Å²) >= 11 is 5.14. The predicted octanol–water partition coefficient (Wildman–Crippen LogP) is 2.20. The van der Waals surface area contributed by atoms with Gasteiger partial charge in [0.2, 0.25) is 0 Å². The summed E-state index contributed by atoms with van der Waals surface area (Å²) in [6.07, 6.45) is 2.34. The van der Waals surface area contributed by atoms with Crippen molar-refractivity contribution in [3.63, 3.8) is 0 Å². The molecule has 0 aromatic heterocycles. The number of rotatable bonds is 5. The number of hydrogen-bond donors (Lipinski definition) is 2. The summed E-state index contributed by atoms with van der Waals surface area (Å²) in [5, 5.41) is 7.63. The van der Waals surface area contributed by atoms with Gasteiger partial charge in [-0.2, -0.15) is 5.10 Å². The van der Waals surface area contributed by atoms with Crippen molar-refractivity contribution in [1.82, 2.24) is 10.7 Å². The van der Waals surface area contributed by atoms with Crippen LogP contribution in [0.3, 0.4) is 0 Å². The second-order valence-electron chi connectivity index (χ2n) is 5.00. The third-order valence-electron chi connectivity index (χ3n) is 3.41. The number of nitrogens with zero attached hydrogens (tertiary/aromatic N) is 1. The second kappa shape index (κ2) is 8.05. The molecule has 2 N–H and O–H groups in total. The predicted molar refractivity (Wildman–Crippen MR) is 87.9 cm³/mol. The first-order valence-electron chi connectivity index (χ1n) is 7.14. The molecule has 22 heavy (non-hydrogen) atoms. The van der Waals surface area contributed by atoms with Crippen LogP contribution in [0.5, 0.6) is 5.75 Å². The van der Waals surface area contributed by atoms with Crippen molar-refractivity contribution in [2.24, 2.45) is 5.10 Å². The fraction of sp³-hybridized carbons (Fsp3) is 0.467. The SMILES string of the molecule is COc1ccc(/C(C)=N\NC(=S)NC[C@@H]2CCCO2)cc1F. The zero-order valence-corrected chi connectivity index (χ0v) is 13.5. The van der Waals surface area contributed by atoms with Crippen LogP contribution < -0.4 is 15.5 Å². The van der Waals surface area contributed by atoms with Gasteiger partial charge in [-0.05, 0) is 50.2 Å². The number of benzene rings is 1. The number of methoxy groups -OCH3 is 1. The van der Waals surface area contributed by atoms with Crippen molar-refractivity contribution in [3.8, 4) is 5.75 Å². The topological polar surface area (TPSA) is 54.9 Å². The van der Waals surface area contributed by atoms with Gasteiger partial charge in [-0.3, -0.25) is 5.43 Å². The molecule has 7 heteroatoms. The van der Waals surface area contributed by atoms with Crippen molar-refractivity contribution in [1.29, 1.82) is 0 Å². The van der Waals surface area contributed by atoms with Crippen LogP contribution in [0.4, 0.5) is 4.39 Å². The van der Waals surface area contributed by atoms with E-state index in [2.05, 4.69) is 15.8 Å². The average Bonchev–Trinajstić information content (AvgIpc) is 3.03. The van der Waals surface area contributed by atoms with E-state index in [-0.39, 0.29) is 11.9 Å². The van der Waals surface area contributed by atoms with Gasteiger partial charge in [-0.1, -0.05) is 0 Å². The molecule has 1 aliphatic rings. The van der Waals surface area contributed by atoms with E-state index < -0.39 is 5.82 Å².